The van der Waals surface area contributed by atoms with Crippen molar-refractivity contribution < 1.29 is 0 Å². The summed E-state index contributed by atoms with van der Waals surface area (Å²) < 4.78 is 0. The Bertz CT molecular complexity index is 893. The van der Waals surface area contributed by atoms with E-state index in [1.165, 1.54) is 5.56 Å². The second-order valence-electron chi connectivity index (χ2n) is 6.60. The van der Waals surface area contributed by atoms with E-state index in [0.717, 1.165) is 60.2 Å². The van der Waals surface area contributed by atoms with Gasteiger partial charge in [-0.05, 0) is 19.0 Å². The Morgan fingerprint density at radius 3 is 2.54 bits per heavy atom. The molecule has 0 unspecified atom stereocenters. The lowest BCUT2D eigenvalue weighted by molar-refractivity contribution is 0.270. The highest BCUT2D eigenvalue weighted by Crippen LogP contribution is 2.30. The van der Waals surface area contributed by atoms with Crippen LogP contribution in [0.25, 0.3) is 10.4 Å². The van der Waals surface area contributed by atoms with Gasteiger partial charge in [0.1, 0.15) is 17.5 Å². The van der Waals surface area contributed by atoms with Gasteiger partial charge < -0.3 is 15.1 Å². The molecule has 1 aliphatic rings. The number of likely N-dealkylation sites (N-methyl/N-ethyl adjacent to an activating group) is 1. The standard InChI is InChI=1S/C20H24N6S.ClH/c1-3-25-9-11-26(12-10-25)19-13-18(22-15(2)23-19)24-20-21-14-17(27-20)16-7-5-4-6-8-16;/h4-8,13-14H,3,9-12H2,1-2H3,(H,21,22,23,24);1H. The number of halogens is 1. The second kappa shape index (κ2) is 9.32. The Kier molecular flexibility index (Phi) is 6.83. The summed E-state index contributed by atoms with van der Waals surface area (Å²) in [6.45, 7) is 9.42. The maximum atomic E-state index is 4.64. The van der Waals surface area contributed by atoms with Crippen LogP contribution in [0, 0.1) is 6.92 Å². The number of benzene rings is 1. The first-order chi connectivity index (χ1) is 13.2. The lowest BCUT2D eigenvalue weighted by Gasteiger charge is -2.34. The summed E-state index contributed by atoms with van der Waals surface area (Å²) in [4.78, 5) is 19.6. The topological polar surface area (TPSA) is 57.2 Å². The molecule has 1 aromatic carbocycles. The predicted octanol–water partition coefficient (Wildman–Crippen LogP) is 4.22. The maximum absolute atomic E-state index is 4.64. The second-order valence-corrected chi connectivity index (χ2v) is 7.63. The Hall–Kier alpha value is -2.22. The first-order valence-corrected chi connectivity index (χ1v) is 10.1. The van der Waals surface area contributed by atoms with Crippen LogP contribution >= 0.6 is 23.7 Å². The Balaban J connectivity index is 0.00000225. The highest BCUT2D eigenvalue weighted by atomic mass is 35.5. The summed E-state index contributed by atoms with van der Waals surface area (Å²) in [5.41, 5.74) is 1.18. The van der Waals surface area contributed by atoms with Crippen molar-refractivity contribution in [3.63, 3.8) is 0 Å². The van der Waals surface area contributed by atoms with Crippen LogP contribution in [0.3, 0.4) is 0 Å². The molecular formula is C20H25ClN6S. The zero-order valence-electron chi connectivity index (χ0n) is 16.1. The molecule has 0 spiro atoms. The van der Waals surface area contributed by atoms with Crippen molar-refractivity contribution in [2.45, 2.75) is 13.8 Å². The first-order valence-electron chi connectivity index (χ1n) is 9.32. The smallest absolute Gasteiger partial charge is 0.188 e. The van der Waals surface area contributed by atoms with Crippen LogP contribution in [-0.4, -0.2) is 52.6 Å². The van der Waals surface area contributed by atoms with Crippen LogP contribution in [0.15, 0.2) is 42.6 Å². The molecule has 148 valence electrons. The molecule has 0 bridgehead atoms. The van der Waals surface area contributed by atoms with E-state index in [-0.39, 0.29) is 12.4 Å². The lowest BCUT2D eigenvalue weighted by atomic mass is 10.2. The minimum atomic E-state index is 0. The summed E-state index contributed by atoms with van der Waals surface area (Å²) >= 11 is 1.63. The molecule has 2 aromatic heterocycles. The molecule has 0 aliphatic carbocycles. The fourth-order valence-electron chi connectivity index (χ4n) is 3.25. The van der Waals surface area contributed by atoms with Crippen LogP contribution in [0.4, 0.5) is 16.8 Å². The molecule has 3 aromatic rings. The van der Waals surface area contributed by atoms with Crippen molar-refractivity contribution in [2.75, 3.05) is 42.9 Å². The van der Waals surface area contributed by atoms with E-state index in [1.54, 1.807) is 11.3 Å². The number of nitrogens with zero attached hydrogens (tertiary/aromatic N) is 5. The minimum Gasteiger partial charge on any atom is -0.354 e. The number of anilines is 3. The average molecular weight is 417 g/mol. The highest BCUT2D eigenvalue weighted by Gasteiger charge is 2.18. The van der Waals surface area contributed by atoms with E-state index in [2.05, 4.69) is 49.1 Å². The highest BCUT2D eigenvalue weighted by molar-refractivity contribution is 7.18. The van der Waals surface area contributed by atoms with Gasteiger partial charge in [0.05, 0.1) is 4.88 Å². The van der Waals surface area contributed by atoms with Crippen molar-refractivity contribution >= 4 is 40.5 Å². The number of rotatable bonds is 5. The van der Waals surface area contributed by atoms with Crippen molar-refractivity contribution in [3.8, 4) is 10.4 Å². The third kappa shape index (κ3) is 4.79. The van der Waals surface area contributed by atoms with E-state index in [9.17, 15) is 0 Å². The number of piperazine rings is 1. The number of thiazole rings is 1. The van der Waals surface area contributed by atoms with E-state index >= 15 is 0 Å². The molecule has 4 rings (SSSR count). The maximum Gasteiger partial charge on any atom is 0.188 e. The van der Waals surface area contributed by atoms with Gasteiger partial charge in [0, 0.05) is 38.4 Å². The van der Waals surface area contributed by atoms with Gasteiger partial charge in [-0.15, -0.1) is 12.4 Å². The van der Waals surface area contributed by atoms with Gasteiger partial charge >= 0.3 is 0 Å². The van der Waals surface area contributed by atoms with E-state index in [0.29, 0.717) is 0 Å². The Morgan fingerprint density at radius 2 is 1.82 bits per heavy atom. The molecule has 1 aliphatic heterocycles. The lowest BCUT2D eigenvalue weighted by Crippen LogP contribution is -2.46. The third-order valence-electron chi connectivity index (χ3n) is 4.77. The van der Waals surface area contributed by atoms with Gasteiger partial charge in [0.15, 0.2) is 5.13 Å². The fraction of sp³-hybridized carbons (Fsp3) is 0.350. The molecule has 0 atom stereocenters. The predicted molar refractivity (Wildman–Crippen MR) is 119 cm³/mol. The normalized spacial score (nSPS) is 14.6. The fourth-order valence-corrected chi connectivity index (χ4v) is 4.08. The van der Waals surface area contributed by atoms with Gasteiger partial charge in [0.2, 0.25) is 0 Å². The van der Waals surface area contributed by atoms with Crippen molar-refractivity contribution in [2.24, 2.45) is 0 Å². The molecule has 1 fully saturated rings. The van der Waals surface area contributed by atoms with Crippen LogP contribution in [0.2, 0.25) is 0 Å². The van der Waals surface area contributed by atoms with E-state index < -0.39 is 0 Å². The number of hydrogen-bond acceptors (Lipinski definition) is 7. The van der Waals surface area contributed by atoms with Crippen molar-refractivity contribution in [1.82, 2.24) is 19.9 Å². The zero-order chi connectivity index (χ0) is 18.6. The minimum absolute atomic E-state index is 0. The molecule has 28 heavy (non-hydrogen) atoms. The van der Waals surface area contributed by atoms with Gasteiger partial charge in [-0.3, -0.25) is 0 Å². The number of aromatic nitrogens is 3. The molecule has 1 N–H and O–H groups in total. The summed E-state index contributed by atoms with van der Waals surface area (Å²) in [6, 6.07) is 12.3. The molecule has 0 amide bonds. The largest absolute Gasteiger partial charge is 0.354 e. The van der Waals surface area contributed by atoms with Gasteiger partial charge in [-0.25, -0.2) is 15.0 Å². The molecule has 8 heteroatoms. The van der Waals surface area contributed by atoms with Crippen LogP contribution in [0.1, 0.15) is 12.7 Å². The van der Waals surface area contributed by atoms with Crippen LogP contribution in [0.5, 0.6) is 0 Å². The SMILES string of the molecule is CCN1CCN(c2cc(Nc3ncc(-c4ccccc4)s3)nc(C)n2)CC1.Cl. The summed E-state index contributed by atoms with van der Waals surface area (Å²) in [5.74, 6) is 2.55. The van der Waals surface area contributed by atoms with Crippen LogP contribution < -0.4 is 10.2 Å². The first kappa shape index (κ1) is 20.5. The molecular weight excluding hydrogens is 392 g/mol. The Morgan fingerprint density at radius 1 is 1.07 bits per heavy atom. The van der Waals surface area contributed by atoms with Crippen molar-refractivity contribution in [3.05, 3.63) is 48.4 Å². The Labute approximate surface area is 176 Å². The molecule has 3 heterocycles. The molecule has 0 saturated carbocycles. The summed E-state index contributed by atoms with van der Waals surface area (Å²) in [5, 5.41) is 4.19. The monoisotopic (exact) mass is 416 g/mol. The van der Waals surface area contributed by atoms with Gasteiger partial charge in [0.25, 0.3) is 0 Å². The number of nitrogens with one attached hydrogen (secondary N) is 1. The zero-order valence-corrected chi connectivity index (χ0v) is 17.8. The van der Waals surface area contributed by atoms with Crippen molar-refractivity contribution in [1.29, 1.82) is 0 Å². The van der Waals surface area contributed by atoms with Gasteiger partial charge in [-0.2, -0.15) is 0 Å². The number of hydrogen-bond donors (Lipinski definition) is 1. The van der Waals surface area contributed by atoms with E-state index in [4.69, 9.17) is 0 Å². The average Bonchev–Trinajstić information content (AvgIpc) is 3.17. The molecule has 6 nitrogen and oxygen atoms in total. The molecule has 0 radical (unpaired) electrons. The van der Waals surface area contributed by atoms with E-state index in [1.807, 2.05) is 37.4 Å². The third-order valence-corrected chi connectivity index (χ3v) is 5.73. The van der Waals surface area contributed by atoms with Crippen LogP contribution in [-0.2, 0) is 0 Å². The number of aryl methyl sites for hydroxylation is 1. The summed E-state index contributed by atoms with van der Waals surface area (Å²) in [7, 11) is 0. The summed E-state index contributed by atoms with van der Waals surface area (Å²) in [6.07, 6.45) is 1.90. The molecule has 1 saturated heterocycles. The van der Waals surface area contributed by atoms with Gasteiger partial charge in [-0.1, -0.05) is 48.6 Å². The quantitative estimate of drug-likeness (QED) is 0.672.